The van der Waals surface area contributed by atoms with E-state index in [1.165, 1.54) is 6.08 Å². The Balaban J connectivity index is 0. The zero-order chi connectivity index (χ0) is 9.44. The van der Waals surface area contributed by atoms with Gasteiger partial charge in [-0.15, -0.1) is 13.2 Å². The van der Waals surface area contributed by atoms with Crippen LogP contribution in [0.2, 0.25) is 0 Å². The Bertz CT molecular complexity index is 180. The van der Waals surface area contributed by atoms with E-state index in [1.807, 2.05) is 0 Å². The molecule has 0 radical (unpaired) electrons. The minimum Gasteiger partial charge on any atom is -0.505 e. The van der Waals surface area contributed by atoms with Crippen LogP contribution in [0, 0.1) is 0 Å². The highest BCUT2D eigenvalue weighted by Gasteiger charge is 1.98. The number of hydrogen-bond acceptors (Lipinski definition) is 1. The molecule has 11 heavy (non-hydrogen) atoms. The highest BCUT2D eigenvalue weighted by atomic mass is 19.1. The van der Waals surface area contributed by atoms with Crippen LogP contribution in [-0.4, -0.2) is 5.11 Å². The van der Waals surface area contributed by atoms with E-state index in [0.717, 1.165) is 0 Å². The van der Waals surface area contributed by atoms with Crippen molar-refractivity contribution in [2.75, 3.05) is 0 Å². The van der Waals surface area contributed by atoms with Crippen LogP contribution >= 0.6 is 0 Å². The highest BCUT2D eigenvalue weighted by molar-refractivity contribution is 5.27. The van der Waals surface area contributed by atoms with Crippen LogP contribution in [0.4, 0.5) is 4.39 Å². The molecule has 0 atom stereocenters. The molecule has 0 aliphatic heterocycles. The standard InChI is InChI=1S/C7H9FO.C2H4/c1-4-5(2)7(9)6(3)8;1-2/h4,9H,1,3H2,2H3;1-2H2/b7-5-;. The zero-order valence-corrected chi connectivity index (χ0v) is 6.73. The average molecular weight is 156 g/mol. The minimum absolute atomic E-state index is 0.391. The van der Waals surface area contributed by atoms with Crippen molar-refractivity contribution in [2.24, 2.45) is 0 Å². The van der Waals surface area contributed by atoms with Gasteiger partial charge >= 0.3 is 0 Å². The van der Waals surface area contributed by atoms with E-state index in [1.54, 1.807) is 6.92 Å². The predicted molar refractivity (Wildman–Crippen MR) is 47.0 cm³/mol. The third kappa shape index (κ3) is 5.15. The van der Waals surface area contributed by atoms with E-state index in [9.17, 15) is 4.39 Å². The summed E-state index contributed by atoms with van der Waals surface area (Å²) in [5.41, 5.74) is 0.391. The summed E-state index contributed by atoms with van der Waals surface area (Å²) in [7, 11) is 0. The molecule has 0 heterocycles. The zero-order valence-electron chi connectivity index (χ0n) is 6.73. The number of aliphatic hydroxyl groups excluding tert-OH is 1. The van der Waals surface area contributed by atoms with Gasteiger partial charge in [-0.05, 0) is 12.5 Å². The third-order valence-corrected chi connectivity index (χ3v) is 0.937. The molecule has 0 unspecified atom stereocenters. The van der Waals surface area contributed by atoms with E-state index in [-0.39, 0.29) is 0 Å². The van der Waals surface area contributed by atoms with Gasteiger partial charge in [-0.3, -0.25) is 0 Å². The molecule has 0 amide bonds. The number of halogens is 1. The van der Waals surface area contributed by atoms with Gasteiger partial charge in [0, 0.05) is 0 Å². The second-order valence-corrected chi connectivity index (χ2v) is 1.64. The van der Waals surface area contributed by atoms with E-state index in [2.05, 4.69) is 26.3 Å². The summed E-state index contributed by atoms with van der Waals surface area (Å²) in [6, 6.07) is 0. The lowest BCUT2D eigenvalue weighted by atomic mass is 10.2. The Morgan fingerprint density at radius 3 is 1.91 bits per heavy atom. The van der Waals surface area contributed by atoms with E-state index in [4.69, 9.17) is 5.11 Å². The molecule has 0 rings (SSSR count). The average Bonchev–Trinajstić information content (AvgIpc) is 2.05. The van der Waals surface area contributed by atoms with Gasteiger partial charge in [0.15, 0.2) is 11.6 Å². The van der Waals surface area contributed by atoms with Crippen LogP contribution in [-0.2, 0) is 0 Å². The van der Waals surface area contributed by atoms with Crippen molar-refractivity contribution in [3.05, 3.63) is 49.6 Å². The molecule has 0 bridgehead atoms. The second kappa shape index (κ2) is 6.81. The Morgan fingerprint density at radius 1 is 1.45 bits per heavy atom. The smallest absolute Gasteiger partial charge is 0.157 e. The molecule has 2 heteroatoms. The van der Waals surface area contributed by atoms with Crippen molar-refractivity contribution < 1.29 is 9.50 Å². The number of aliphatic hydroxyl groups is 1. The summed E-state index contributed by atoms with van der Waals surface area (Å²) in [5.74, 6) is -1.25. The van der Waals surface area contributed by atoms with Gasteiger partial charge in [-0.25, -0.2) is 4.39 Å². The summed E-state index contributed by atoms with van der Waals surface area (Å²) in [4.78, 5) is 0. The molecule has 0 spiro atoms. The Morgan fingerprint density at radius 2 is 1.82 bits per heavy atom. The van der Waals surface area contributed by atoms with Crippen molar-refractivity contribution in [3.8, 4) is 0 Å². The second-order valence-electron chi connectivity index (χ2n) is 1.64. The van der Waals surface area contributed by atoms with Crippen LogP contribution in [0.15, 0.2) is 49.6 Å². The summed E-state index contributed by atoms with van der Waals surface area (Å²) >= 11 is 0. The molecule has 0 saturated heterocycles. The van der Waals surface area contributed by atoms with Gasteiger partial charge in [0.2, 0.25) is 0 Å². The van der Waals surface area contributed by atoms with Crippen LogP contribution in [0.5, 0.6) is 0 Å². The first-order valence-corrected chi connectivity index (χ1v) is 2.96. The maximum Gasteiger partial charge on any atom is 0.157 e. The molecule has 0 aliphatic carbocycles. The lowest BCUT2D eigenvalue weighted by Crippen LogP contribution is -1.83. The Hall–Kier alpha value is -1.31. The first-order chi connectivity index (χ1) is 5.09. The predicted octanol–water partition coefficient (Wildman–Crippen LogP) is 3.29. The lowest BCUT2D eigenvalue weighted by molar-refractivity contribution is 0.386. The van der Waals surface area contributed by atoms with Gasteiger partial charge in [-0.2, -0.15) is 0 Å². The topological polar surface area (TPSA) is 20.2 Å². The monoisotopic (exact) mass is 156 g/mol. The third-order valence-electron chi connectivity index (χ3n) is 0.937. The van der Waals surface area contributed by atoms with Gasteiger partial charge in [0.1, 0.15) is 0 Å². The molecule has 0 saturated carbocycles. The van der Waals surface area contributed by atoms with Gasteiger partial charge in [-0.1, -0.05) is 19.2 Å². The highest BCUT2D eigenvalue weighted by Crippen LogP contribution is 2.10. The number of allylic oxidation sites excluding steroid dienone is 3. The van der Waals surface area contributed by atoms with Crippen molar-refractivity contribution in [1.82, 2.24) is 0 Å². The Labute approximate surface area is 66.9 Å². The minimum atomic E-state index is -0.826. The maximum absolute atomic E-state index is 12.0. The van der Waals surface area contributed by atoms with Crippen LogP contribution < -0.4 is 0 Å². The SMILES string of the molecule is C=C.C=C/C(C)=C(\O)C(=C)F. The summed E-state index contributed by atoms with van der Waals surface area (Å²) in [5, 5.41) is 8.73. The number of rotatable bonds is 2. The molecule has 0 aliphatic rings. The first kappa shape index (κ1) is 12.4. The largest absolute Gasteiger partial charge is 0.505 e. The van der Waals surface area contributed by atoms with Gasteiger partial charge < -0.3 is 5.11 Å². The van der Waals surface area contributed by atoms with Crippen molar-refractivity contribution in [2.45, 2.75) is 6.92 Å². The molecule has 0 aromatic heterocycles. The van der Waals surface area contributed by atoms with Crippen molar-refractivity contribution in [3.63, 3.8) is 0 Å². The van der Waals surface area contributed by atoms with Crippen LogP contribution in [0.25, 0.3) is 0 Å². The fourth-order valence-electron chi connectivity index (χ4n) is 0.311. The van der Waals surface area contributed by atoms with E-state index >= 15 is 0 Å². The molecule has 0 fully saturated rings. The summed E-state index contributed by atoms with van der Waals surface area (Å²) in [6.45, 7) is 13.8. The molecule has 0 aromatic carbocycles. The lowest BCUT2D eigenvalue weighted by Gasteiger charge is -1.95. The van der Waals surface area contributed by atoms with E-state index in [0.29, 0.717) is 5.57 Å². The first-order valence-electron chi connectivity index (χ1n) is 2.96. The van der Waals surface area contributed by atoms with Gasteiger partial charge in [0.05, 0.1) is 0 Å². The fourth-order valence-corrected chi connectivity index (χ4v) is 0.311. The summed E-state index contributed by atoms with van der Waals surface area (Å²) in [6.07, 6.45) is 1.36. The van der Waals surface area contributed by atoms with E-state index < -0.39 is 11.6 Å². The van der Waals surface area contributed by atoms with Crippen LogP contribution in [0.3, 0.4) is 0 Å². The normalized spacial score (nSPS) is 10.4. The molecule has 0 aromatic rings. The fraction of sp³-hybridized carbons (Fsp3) is 0.111. The molecular weight excluding hydrogens is 143 g/mol. The quantitative estimate of drug-likeness (QED) is 0.369. The van der Waals surface area contributed by atoms with Gasteiger partial charge in [0.25, 0.3) is 0 Å². The molecule has 1 nitrogen and oxygen atoms in total. The molecule has 62 valence electrons. The number of hydrogen-bond donors (Lipinski definition) is 1. The molecule has 1 N–H and O–H groups in total. The maximum atomic E-state index is 12.0. The molecular formula is C9H13FO. The van der Waals surface area contributed by atoms with Crippen molar-refractivity contribution >= 4 is 0 Å². The van der Waals surface area contributed by atoms with Crippen LogP contribution in [0.1, 0.15) is 6.92 Å². The summed E-state index contributed by atoms with van der Waals surface area (Å²) < 4.78 is 12.0. The van der Waals surface area contributed by atoms with Crippen molar-refractivity contribution in [1.29, 1.82) is 0 Å². The Kier molecular flexibility index (Phi) is 7.66.